The summed E-state index contributed by atoms with van der Waals surface area (Å²) < 4.78 is 19.4. The SMILES string of the molecule is CC(C)c1cc(Oc2c(Br)cc(C(=O)O)cc2Br)cc(-c2ccccc2)c1O.COc1c(C(C)C)cc(Oc2c(Br)cc(C(C)=O)cc2Br)cc1[N+](=O)[O-]. The zero-order valence-electron chi connectivity index (χ0n) is 29.9. The summed E-state index contributed by atoms with van der Waals surface area (Å²) in [4.78, 5) is 33.7. The summed E-state index contributed by atoms with van der Waals surface area (Å²) in [7, 11) is 1.41. The molecule has 2 N–H and O–H groups in total. The van der Waals surface area contributed by atoms with Crippen LogP contribution in [0.1, 0.15) is 78.3 Å². The Morgan fingerprint density at radius 2 is 1.17 bits per heavy atom. The number of carboxylic acid groups (broad SMARTS) is 1. The fourth-order valence-electron chi connectivity index (χ4n) is 5.30. The number of ketones is 1. The number of nitro groups is 1. The number of halogens is 4. The Labute approximate surface area is 346 Å². The van der Waals surface area contributed by atoms with Gasteiger partial charge >= 0.3 is 11.7 Å². The number of hydrogen-bond acceptors (Lipinski definition) is 8. The van der Waals surface area contributed by atoms with Gasteiger partial charge in [0.25, 0.3) is 0 Å². The Balaban J connectivity index is 0.000000241. The molecule has 0 bridgehead atoms. The zero-order valence-corrected chi connectivity index (χ0v) is 36.2. The predicted molar refractivity (Wildman–Crippen MR) is 222 cm³/mol. The first kappa shape index (κ1) is 42.5. The van der Waals surface area contributed by atoms with Crippen molar-refractivity contribution in [3.63, 3.8) is 0 Å². The molecule has 5 aromatic carbocycles. The predicted octanol–water partition coefficient (Wildman–Crippen LogP) is 13.4. The Hall–Kier alpha value is -4.24. The molecule has 0 saturated carbocycles. The first-order valence-corrected chi connectivity index (χ1v) is 19.5. The van der Waals surface area contributed by atoms with Crippen molar-refractivity contribution in [2.75, 3.05) is 7.11 Å². The van der Waals surface area contributed by atoms with Gasteiger partial charge in [-0.25, -0.2) is 4.79 Å². The van der Waals surface area contributed by atoms with Crippen molar-refractivity contribution in [2.24, 2.45) is 0 Å². The van der Waals surface area contributed by atoms with E-state index in [4.69, 9.17) is 14.2 Å². The second-order valence-corrected chi connectivity index (χ2v) is 15.9. The summed E-state index contributed by atoms with van der Waals surface area (Å²) in [5.74, 6) is 1.17. The average molecular weight is 993 g/mol. The highest BCUT2D eigenvalue weighted by atomic mass is 79.9. The van der Waals surface area contributed by atoms with Crippen LogP contribution in [0.4, 0.5) is 5.69 Å². The number of carbonyl (C=O) groups excluding carboxylic acids is 1. The van der Waals surface area contributed by atoms with Gasteiger partial charge < -0.3 is 24.4 Å². The number of benzene rings is 5. The van der Waals surface area contributed by atoms with Crippen molar-refractivity contribution in [3.05, 3.63) is 129 Å². The van der Waals surface area contributed by atoms with Gasteiger partial charge in [-0.3, -0.25) is 14.9 Å². The van der Waals surface area contributed by atoms with Crippen LogP contribution in [-0.4, -0.2) is 34.0 Å². The van der Waals surface area contributed by atoms with Crippen molar-refractivity contribution in [1.29, 1.82) is 0 Å². The minimum Gasteiger partial charge on any atom is -0.507 e. The molecule has 54 heavy (non-hydrogen) atoms. The van der Waals surface area contributed by atoms with Crippen LogP contribution < -0.4 is 14.2 Å². The molecular weight excluding hydrogens is 958 g/mol. The number of carboxylic acids is 1. The maximum atomic E-state index is 11.6. The van der Waals surface area contributed by atoms with Gasteiger partial charge in [0.2, 0.25) is 5.75 Å². The summed E-state index contributed by atoms with van der Waals surface area (Å²) in [6, 6.07) is 22.5. The fraction of sp³-hybridized carbons (Fsp3) is 0.200. The lowest BCUT2D eigenvalue weighted by molar-refractivity contribution is -0.385. The van der Waals surface area contributed by atoms with Gasteiger partial charge in [0, 0.05) is 22.3 Å². The van der Waals surface area contributed by atoms with E-state index in [0.29, 0.717) is 57.6 Å². The highest BCUT2D eigenvalue weighted by molar-refractivity contribution is 9.11. The van der Waals surface area contributed by atoms with E-state index < -0.39 is 10.9 Å². The molecule has 10 nitrogen and oxygen atoms in total. The molecule has 0 aliphatic carbocycles. The van der Waals surface area contributed by atoms with Gasteiger partial charge in [-0.15, -0.1) is 0 Å². The number of aromatic hydroxyl groups is 1. The third kappa shape index (κ3) is 10.1. The van der Waals surface area contributed by atoms with Crippen LogP contribution in [0, 0.1) is 10.1 Å². The standard InChI is InChI=1S/C22H18Br2O4.C18H17Br2NO5/c1-12(2)16-10-15(11-17(20(16)25)13-6-4-3-5-7-13)28-21-18(23)8-14(22(26)27)9-19(21)24;1-9(2)13-7-12(8-16(21(23)24)17(13)25-4)26-18-14(19)5-11(10(3)22)6-15(18)20/h3-12,25H,1-2H3,(H,26,27);5-9H,1-4H3. The van der Waals surface area contributed by atoms with Crippen molar-refractivity contribution < 1.29 is 38.9 Å². The van der Waals surface area contributed by atoms with Crippen LogP contribution in [0.3, 0.4) is 0 Å². The minimum atomic E-state index is -1.02. The number of aromatic carboxylic acids is 1. The first-order valence-electron chi connectivity index (χ1n) is 16.3. The van der Waals surface area contributed by atoms with E-state index in [1.807, 2.05) is 58.0 Å². The summed E-state index contributed by atoms with van der Waals surface area (Å²) in [6.45, 7) is 9.30. The van der Waals surface area contributed by atoms with E-state index in [1.165, 1.54) is 32.2 Å². The molecule has 5 aromatic rings. The molecule has 0 fully saturated rings. The summed E-state index contributed by atoms with van der Waals surface area (Å²) >= 11 is 13.5. The maximum Gasteiger partial charge on any atom is 0.335 e. The summed E-state index contributed by atoms with van der Waals surface area (Å²) in [5, 5.41) is 31.4. The lowest BCUT2D eigenvalue weighted by Gasteiger charge is -2.17. The van der Waals surface area contributed by atoms with E-state index in [1.54, 1.807) is 30.3 Å². The van der Waals surface area contributed by atoms with Gasteiger partial charge in [0.05, 0.1) is 41.6 Å². The smallest absolute Gasteiger partial charge is 0.335 e. The van der Waals surface area contributed by atoms with E-state index in [2.05, 4.69) is 63.7 Å². The van der Waals surface area contributed by atoms with Crippen molar-refractivity contribution in [2.45, 2.75) is 46.5 Å². The second-order valence-electron chi connectivity index (χ2n) is 12.5. The molecule has 14 heteroatoms. The number of ether oxygens (including phenoxy) is 3. The highest BCUT2D eigenvalue weighted by Crippen LogP contribution is 2.45. The van der Waals surface area contributed by atoms with Crippen LogP contribution >= 0.6 is 63.7 Å². The molecule has 0 aliphatic heterocycles. The highest BCUT2D eigenvalue weighted by Gasteiger charge is 2.24. The molecule has 0 unspecified atom stereocenters. The fourth-order valence-corrected chi connectivity index (χ4v) is 7.99. The quantitative estimate of drug-likeness (QED) is 0.0750. The van der Waals surface area contributed by atoms with E-state index in [9.17, 15) is 29.9 Å². The number of carbonyl (C=O) groups is 2. The second kappa shape index (κ2) is 18.4. The number of hydrogen-bond donors (Lipinski definition) is 2. The maximum absolute atomic E-state index is 11.6. The number of nitro benzene ring substituents is 1. The van der Waals surface area contributed by atoms with E-state index >= 15 is 0 Å². The number of rotatable bonds is 11. The molecule has 282 valence electrons. The Morgan fingerprint density at radius 1 is 0.704 bits per heavy atom. The number of Topliss-reactive ketones (excluding diaryl/α,β-unsaturated/α-hetero) is 1. The topological polar surface area (TPSA) is 145 Å². The van der Waals surface area contributed by atoms with E-state index in [0.717, 1.165) is 11.1 Å². The van der Waals surface area contributed by atoms with Crippen molar-refractivity contribution >= 4 is 81.2 Å². The molecule has 0 radical (unpaired) electrons. The van der Waals surface area contributed by atoms with Gasteiger partial charge in [-0.05, 0) is 131 Å². The Kier molecular flexibility index (Phi) is 14.5. The van der Waals surface area contributed by atoms with Gasteiger partial charge in [0.1, 0.15) is 17.2 Å². The third-order valence-corrected chi connectivity index (χ3v) is 10.4. The number of nitrogens with zero attached hydrogens (tertiary/aromatic N) is 1. The van der Waals surface area contributed by atoms with E-state index in [-0.39, 0.29) is 40.4 Å². The first-order chi connectivity index (χ1) is 25.4. The molecule has 0 atom stereocenters. The van der Waals surface area contributed by atoms with Crippen LogP contribution in [0.5, 0.6) is 34.5 Å². The summed E-state index contributed by atoms with van der Waals surface area (Å²) in [6.07, 6.45) is 0. The monoisotopic (exact) mass is 989 g/mol. The number of phenolic OH excluding ortho intramolecular Hbond substituents is 1. The van der Waals surface area contributed by atoms with Crippen LogP contribution in [0.25, 0.3) is 11.1 Å². The average Bonchev–Trinajstić information content (AvgIpc) is 3.11. The molecule has 0 saturated heterocycles. The van der Waals surface area contributed by atoms with Crippen molar-refractivity contribution in [3.8, 4) is 45.6 Å². The molecule has 0 spiro atoms. The largest absolute Gasteiger partial charge is 0.507 e. The lowest BCUT2D eigenvalue weighted by atomic mass is 9.95. The molecule has 0 aliphatic rings. The zero-order chi connectivity index (χ0) is 40.0. The number of methoxy groups -OCH3 is 1. The molecule has 5 rings (SSSR count). The molecular formula is C40H35Br4NO9. The lowest BCUT2D eigenvalue weighted by Crippen LogP contribution is -2.01. The minimum absolute atomic E-state index is 0.000768. The molecule has 0 aromatic heterocycles. The Morgan fingerprint density at radius 3 is 1.59 bits per heavy atom. The number of phenols is 1. The van der Waals surface area contributed by atoms with Gasteiger partial charge in [-0.2, -0.15) is 0 Å². The van der Waals surface area contributed by atoms with Crippen LogP contribution in [-0.2, 0) is 0 Å². The van der Waals surface area contributed by atoms with Crippen LogP contribution in [0.15, 0.2) is 96.8 Å². The van der Waals surface area contributed by atoms with Crippen molar-refractivity contribution in [1.82, 2.24) is 0 Å². The third-order valence-electron chi connectivity index (χ3n) is 8.00. The van der Waals surface area contributed by atoms with Gasteiger partial charge in [-0.1, -0.05) is 58.0 Å². The summed E-state index contributed by atoms with van der Waals surface area (Å²) in [5.41, 5.74) is 3.49. The molecule has 0 amide bonds. The molecule has 0 heterocycles. The normalized spacial score (nSPS) is 10.8. The Bertz CT molecular complexity index is 2180. The van der Waals surface area contributed by atoms with Crippen LogP contribution in [0.2, 0.25) is 0 Å². The van der Waals surface area contributed by atoms with Gasteiger partial charge in [0.15, 0.2) is 17.3 Å².